The fourth-order valence-electron chi connectivity index (χ4n) is 2.65. The molecule has 1 unspecified atom stereocenters. The van der Waals surface area contributed by atoms with Crippen molar-refractivity contribution >= 4 is 0 Å². The van der Waals surface area contributed by atoms with E-state index in [2.05, 4.69) is 52.0 Å². The Morgan fingerprint density at radius 1 is 1.11 bits per heavy atom. The summed E-state index contributed by atoms with van der Waals surface area (Å²) in [6.45, 7) is 8.78. The molecular weight excluding hydrogens is 232 g/mol. The minimum Gasteiger partial charge on any atom is -0.496 e. The topological polar surface area (TPSA) is 9.23 Å². The number of hydrogen-bond donors (Lipinski definition) is 0. The number of aryl methyl sites for hydroxylation is 2. The van der Waals surface area contributed by atoms with Gasteiger partial charge in [0.25, 0.3) is 0 Å². The normalized spacial score (nSPS) is 12.9. The second-order valence-electron chi connectivity index (χ2n) is 5.28. The molecule has 0 heterocycles. The minimum atomic E-state index is 0.636. The van der Waals surface area contributed by atoms with Crippen LogP contribution < -0.4 is 4.74 Å². The first kappa shape index (κ1) is 15.8. The lowest BCUT2D eigenvalue weighted by molar-refractivity contribution is 0.411. The largest absolute Gasteiger partial charge is 0.496 e. The van der Waals surface area contributed by atoms with Crippen molar-refractivity contribution < 1.29 is 4.74 Å². The fourth-order valence-corrected chi connectivity index (χ4v) is 2.65. The van der Waals surface area contributed by atoms with Gasteiger partial charge in [0.2, 0.25) is 0 Å². The SMILES string of the molecule is CC/C=C\CC(CCC)c1cc(C)c(OC)cc1C. The van der Waals surface area contributed by atoms with Crippen LogP contribution in [0.1, 0.15) is 62.1 Å². The second kappa shape index (κ2) is 8.04. The summed E-state index contributed by atoms with van der Waals surface area (Å²) in [4.78, 5) is 0. The maximum atomic E-state index is 5.41. The summed E-state index contributed by atoms with van der Waals surface area (Å²) in [6, 6.07) is 4.49. The number of ether oxygens (including phenoxy) is 1. The van der Waals surface area contributed by atoms with Crippen molar-refractivity contribution in [3.63, 3.8) is 0 Å². The van der Waals surface area contributed by atoms with Crippen molar-refractivity contribution in [3.8, 4) is 5.75 Å². The lowest BCUT2D eigenvalue weighted by Crippen LogP contribution is -2.02. The van der Waals surface area contributed by atoms with E-state index in [1.165, 1.54) is 29.5 Å². The van der Waals surface area contributed by atoms with Gasteiger partial charge in [0.1, 0.15) is 5.75 Å². The van der Waals surface area contributed by atoms with Crippen LogP contribution in [0.2, 0.25) is 0 Å². The average molecular weight is 260 g/mol. The molecule has 0 N–H and O–H groups in total. The van der Waals surface area contributed by atoms with Gasteiger partial charge in [-0.25, -0.2) is 0 Å². The number of benzene rings is 1. The van der Waals surface area contributed by atoms with Crippen molar-refractivity contribution in [2.75, 3.05) is 7.11 Å². The van der Waals surface area contributed by atoms with Crippen LogP contribution in [0.25, 0.3) is 0 Å². The maximum absolute atomic E-state index is 5.41. The molecule has 0 aliphatic rings. The summed E-state index contributed by atoms with van der Waals surface area (Å²) >= 11 is 0. The first-order chi connectivity index (χ1) is 9.13. The number of methoxy groups -OCH3 is 1. The van der Waals surface area contributed by atoms with Crippen LogP contribution in [0, 0.1) is 13.8 Å². The molecule has 0 fully saturated rings. The van der Waals surface area contributed by atoms with Crippen molar-refractivity contribution in [3.05, 3.63) is 41.0 Å². The molecule has 1 heteroatoms. The van der Waals surface area contributed by atoms with Crippen LogP contribution in [-0.2, 0) is 0 Å². The van der Waals surface area contributed by atoms with Crippen LogP contribution in [0.3, 0.4) is 0 Å². The smallest absolute Gasteiger partial charge is 0.122 e. The van der Waals surface area contributed by atoms with Crippen molar-refractivity contribution in [2.24, 2.45) is 0 Å². The van der Waals surface area contributed by atoms with Gasteiger partial charge in [-0.2, -0.15) is 0 Å². The average Bonchev–Trinajstić information content (AvgIpc) is 2.40. The van der Waals surface area contributed by atoms with Gasteiger partial charge in [-0.15, -0.1) is 0 Å². The van der Waals surface area contributed by atoms with Gasteiger partial charge in [-0.05, 0) is 61.8 Å². The van der Waals surface area contributed by atoms with Gasteiger partial charge in [0, 0.05) is 0 Å². The lowest BCUT2D eigenvalue weighted by Gasteiger charge is -2.19. The van der Waals surface area contributed by atoms with E-state index < -0.39 is 0 Å². The van der Waals surface area contributed by atoms with Crippen LogP contribution in [0.15, 0.2) is 24.3 Å². The molecular formula is C18H28O. The van der Waals surface area contributed by atoms with Crippen molar-refractivity contribution in [1.82, 2.24) is 0 Å². The Bertz CT molecular complexity index is 418. The molecule has 0 aliphatic heterocycles. The molecule has 0 bridgehead atoms. The summed E-state index contributed by atoms with van der Waals surface area (Å²) in [5.74, 6) is 1.64. The molecule has 1 aromatic rings. The molecule has 1 atom stereocenters. The van der Waals surface area contributed by atoms with E-state index in [9.17, 15) is 0 Å². The van der Waals surface area contributed by atoms with Gasteiger partial charge in [-0.3, -0.25) is 0 Å². The predicted molar refractivity (Wildman–Crippen MR) is 84.2 cm³/mol. The Balaban J connectivity index is 3.01. The highest BCUT2D eigenvalue weighted by Gasteiger charge is 2.14. The molecule has 1 aromatic carbocycles. The lowest BCUT2D eigenvalue weighted by atomic mass is 9.87. The maximum Gasteiger partial charge on any atom is 0.122 e. The van der Waals surface area contributed by atoms with Crippen LogP contribution in [0.4, 0.5) is 0 Å². The van der Waals surface area contributed by atoms with Crippen LogP contribution in [-0.4, -0.2) is 7.11 Å². The monoisotopic (exact) mass is 260 g/mol. The third-order valence-corrected chi connectivity index (χ3v) is 3.68. The quantitative estimate of drug-likeness (QED) is 0.584. The van der Waals surface area contributed by atoms with E-state index in [1.807, 2.05) is 0 Å². The predicted octanol–water partition coefficient (Wildman–Crippen LogP) is 5.55. The molecule has 0 aliphatic carbocycles. The third-order valence-electron chi connectivity index (χ3n) is 3.68. The Morgan fingerprint density at radius 3 is 2.42 bits per heavy atom. The van der Waals surface area contributed by atoms with Crippen molar-refractivity contribution in [2.45, 2.75) is 59.3 Å². The number of rotatable bonds is 7. The molecule has 0 saturated carbocycles. The Labute approximate surface area is 118 Å². The molecule has 0 radical (unpaired) electrons. The van der Waals surface area contributed by atoms with Gasteiger partial charge >= 0.3 is 0 Å². The summed E-state index contributed by atoms with van der Waals surface area (Å²) in [6.07, 6.45) is 9.36. The number of allylic oxidation sites excluding steroid dienone is 2. The van der Waals surface area contributed by atoms with E-state index in [0.717, 1.165) is 18.6 Å². The Morgan fingerprint density at radius 2 is 1.84 bits per heavy atom. The molecule has 0 aromatic heterocycles. The summed E-state index contributed by atoms with van der Waals surface area (Å²) in [7, 11) is 1.74. The van der Waals surface area contributed by atoms with Crippen LogP contribution in [0.5, 0.6) is 5.75 Å². The van der Waals surface area contributed by atoms with Gasteiger partial charge in [-0.1, -0.05) is 38.5 Å². The number of hydrogen-bond acceptors (Lipinski definition) is 1. The van der Waals surface area contributed by atoms with Gasteiger partial charge < -0.3 is 4.74 Å². The molecule has 106 valence electrons. The molecule has 0 saturated heterocycles. The molecule has 0 amide bonds. The van der Waals surface area contributed by atoms with Crippen LogP contribution >= 0.6 is 0 Å². The van der Waals surface area contributed by atoms with Gasteiger partial charge in [0.15, 0.2) is 0 Å². The summed E-state index contributed by atoms with van der Waals surface area (Å²) < 4.78 is 5.41. The third kappa shape index (κ3) is 4.41. The zero-order valence-electron chi connectivity index (χ0n) is 13.1. The molecule has 1 rings (SSSR count). The highest BCUT2D eigenvalue weighted by atomic mass is 16.5. The first-order valence-electron chi connectivity index (χ1n) is 7.44. The van der Waals surface area contributed by atoms with E-state index >= 15 is 0 Å². The molecule has 0 spiro atoms. The summed E-state index contributed by atoms with van der Waals surface area (Å²) in [5.41, 5.74) is 4.08. The standard InChI is InChI=1S/C18H28O/c1-6-8-9-11-16(10-7-2)17-12-15(4)18(19-5)13-14(17)3/h8-9,12-13,16H,6-7,10-11H2,1-5H3/b9-8-. The first-order valence-corrected chi connectivity index (χ1v) is 7.44. The second-order valence-corrected chi connectivity index (χ2v) is 5.28. The zero-order valence-corrected chi connectivity index (χ0v) is 13.1. The molecule has 1 nitrogen and oxygen atoms in total. The highest BCUT2D eigenvalue weighted by Crippen LogP contribution is 2.32. The molecule has 19 heavy (non-hydrogen) atoms. The highest BCUT2D eigenvalue weighted by molar-refractivity contribution is 5.43. The van der Waals surface area contributed by atoms with Crippen molar-refractivity contribution in [1.29, 1.82) is 0 Å². The zero-order chi connectivity index (χ0) is 14.3. The minimum absolute atomic E-state index is 0.636. The fraction of sp³-hybridized carbons (Fsp3) is 0.556. The van der Waals surface area contributed by atoms with E-state index in [1.54, 1.807) is 7.11 Å². The van der Waals surface area contributed by atoms with E-state index in [0.29, 0.717) is 5.92 Å². The van der Waals surface area contributed by atoms with E-state index in [-0.39, 0.29) is 0 Å². The van der Waals surface area contributed by atoms with Gasteiger partial charge in [0.05, 0.1) is 7.11 Å². The Hall–Kier alpha value is -1.24. The summed E-state index contributed by atoms with van der Waals surface area (Å²) in [5, 5.41) is 0. The van der Waals surface area contributed by atoms with E-state index in [4.69, 9.17) is 4.74 Å². The Kier molecular flexibility index (Phi) is 6.69.